The molecule has 0 atom stereocenters. The summed E-state index contributed by atoms with van der Waals surface area (Å²) >= 11 is 5.90. The fourth-order valence-corrected chi connectivity index (χ4v) is 2.76. The standard InChI is InChI=1S/C20H17ClFN3O2/c1-27-17-8-3-2-5-13(17)11-23-18-10-9-14(12-24-18)25-20(26)19-15(21)6-4-7-16(19)22/h2-10,12H,11H2,1H3,(H,23,24)(H,25,26). The number of nitrogens with zero attached hydrogens (tertiary/aromatic N) is 1. The van der Waals surface area contributed by atoms with E-state index in [1.165, 1.54) is 24.4 Å². The second-order valence-electron chi connectivity index (χ2n) is 5.65. The Labute approximate surface area is 161 Å². The number of para-hydroxylation sites is 1. The molecule has 0 bridgehead atoms. The van der Waals surface area contributed by atoms with Crippen molar-refractivity contribution in [2.45, 2.75) is 6.54 Å². The summed E-state index contributed by atoms with van der Waals surface area (Å²) in [4.78, 5) is 16.5. The van der Waals surface area contributed by atoms with Crippen LogP contribution in [0.2, 0.25) is 5.02 Å². The smallest absolute Gasteiger partial charge is 0.260 e. The minimum Gasteiger partial charge on any atom is -0.496 e. The van der Waals surface area contributed by atoms with Gasteiger partial charge in [-0.05, 0) is 30.3 Å². The number of hydrogen-bond donors (Lipinski definition) is 2. The molecule has 0 saturated heterocycles. The number of halogens is 2. The van der Waals surface area contributed by atoms with Crippen LogP contribution in [0.1, 0.15) is 15.9 Å². The molecule has 5 nitrogen and oxygen atoms in total. The summed E-state index contributed by atoms with van der Waals surface area (Å²) in [7, 11) is 1.62. The highest BCUT2D eigenvalue weighted by Crippen LogP contribution is 2.21. The Morgan fingerprint density at radius 1 is 1.15 bits per heavy atom. The lowest BCUT2D eigenvalue weighted by Crippen LogP contribution is -2.14. The van der Waals surface area contributed by atoms with Gasteiger partial charge in [0.1, 0.15) is 17.4 Å². The van der Waals surface area contributed by atoms with E-state index in [2.05, 4.69) is 15.6 Å². The number of hydrogen-bond acceptors (Lipinski definition) is 4. The Kier molecular flexibility index (Phi) is 5.88. The van der Waals surface area contributed by atoms with Gasteiger partial charge in [0.25, 0.3) is 5.91 Å². The molecule has 0 radical (unpaired) electrons. The van der Waals surface area contributed by atoms with Crippen LogP contribution in [0.5, 0.6) is 5.75 Å². The van der Waals surface area contributed by atoms with E-state index in [-0.39, 0.29) is 10.6 Å². The molecule has 0 aliphatic carbocycles. The first-order valence-corrected chi connectivity index (χ1v) is 8.53. The van der Waals surface area contributed by atoms with Gasteiger partial charge in [-0.15, -0.1) is 0 Å². The number of pyridine rings is 1. The van der Waals surface area contributed by atoms with Gasteiger partial charge in [-0.2, -0.15) is 0 Å². The Morgan fingerprint density at radius 3 is 2.67 bits per heavy atom. The predicted molar refractivity (Wildman–Crippen MR) is 104 cm³/mol. The monoisotopic (exact) mass is 385 g/mol. The zero-order chi connectivity index (χ0) is 19.2. The first-order valence-electron chi connectivity index (χ1n) is 8.15. The van der Waals surface area contributed by atoms with Crippen LogP contribution in [0.3, 0.4) is 0 Å². The maximum absolute atomic E-state index is 13.8. The normalized spacial score (nSPS) is 10.3. The van der Waals surface area contributed by atoms with E-state index in [4.69, 9.17) is 16.3 Å². The SMILES string of the molecule is COc1ccccc1CNc1ccc(NC(=O)c2c(F)cccc2Cl)cn1. The van der Waals surface area contributed by atoms with Crippen LogP contribution < -0.4 is 15.4 Å². The molecule has 0 spiro atoms. The number of aromatic nitrogens is 1. The van der Waals surface area contributed by atoms with Gasteiger partial charge in [0.15, 0.2) is 0 Å². The molecule has 1 amide bonds. The lowest BCUT2D eigenvalue weighted by molar-refractivity contribution is 0.102. The Bertz CT molecular complexity index is 928. The molecule has 0 saturated carbocycles. The van der Waals surface area contributed by atoms with Crippen molar-refractivity contribution in [1.82, 2.24) is 4.98 Å². The average molecular weight is 386 g/mol. The number of benzene rings is 2. The molecule has 3 aromatic rings. The van der Waals surface area contributed by atoms with Crippen molar-refractivity contribution in [2.75, 3.05) is 17.7 Å². The first kappa shape index (κ1) is 18.7. The lowest BCUT2D eigenvalue weighted by atomic mass is 10.2. The minimum absolute atomic E-state index is 0.0514. The average Bonchev–Trinajstić information content (AvgIpc) is 2.67. The number of carbonyl (C=O) groups is 1. The maximum Gasteiger partial charge on any atom is 0.260 e. The van der Waals surface area contributed by atoms with Crippen molar-refractivity contribution in [2.24, 2.45) is 0 Å². The van der Waals surface area contributed by atoms with Crippen molar-refractivity contribution < 1.29 is 13.9 Å². The summed E-state index contributed by atoms with van der Waals surface area (Å²) in [5.41, 5.74) is 1.23. The third kappa shape index (κ3) is 4.54. The molecule has 7 heteroatoms. The highest BCUT2D eigenvalue weighted by atomic mass is 35.5. The molecule has 0 aliphatic heterocycles. The van der Waals surface area contributed by atoms with Crippen molar-refractivity contribution in [1.29, 1.82) is 0 Å². The molecule has 27 heavy (non-hydrogen) atoms. The van der Waals surface area contributed by atoms with Gasteiger partial charge >= 0.3 is 0 Å². The Morgan fingerprint density at radius 2 is 1.96 bits per heavy atom. The fourth-order valence-electron chi connectivity index (χ4n) is 2.52. The maximum atomic E-state index is 13.8. The van der Waals surface area contributed by atoms with E-state index in [0.717, 1.165) is 11.3 Å². The van der Waals surface area contributed by atoms with Gasteiger partial charge in [0.2, 0.25) is 0 Å². The van der Waals surface area contributed by atoms with Crippen LogP contribution in [-0.4, -0.2) is 18.0 Å². The van der Waals surface area contributed by atoms with Crippen molar-refractivity contribution in [3.63, 3.8) is 0 Å². The highest BCUT2D eigenvalue weighted by molar-refractivity contribution is 6.34. The largest absolute Gasteiger partial charge is 0.496 e. The number of methoxy groups -OCH3 is 1. The summed E-state index contributed by atoms with van der Waals surface area (Å²) in [6.45, 7) is 0.535. The van der Waals surface area contributed by atoms with Gasteiger partial charge < -0.3 is 15.4 Å². The van der Waals surface area contributed by atoms with Crippen molar-refractivity contribution in [3.8, 4) is 5.75 Å². The second kappa shape index (κ2) is 8.51. The first-order chi connectivity index (χ1) is 13.1. The van der Waals surface area contributed by atoms with Gasteiger partial charge in [-0.25, -0.2) is 9.37 Å². The Hall–Kier alpha value is -3.12. The third-order valence-corrected chi connectivity index (χ3v) is 4.18. The van der Waals surface area contributed by atoms with E-state index in [1.54, 1.807) is 19.2 Å². The van der Waals surface area contributed by atoms with Crippen molar-refractivity contribution in [3.05, 3.63) is 82.8 Å². The molecule has 138 valence electrons. The van der Waals surface area contributed by atoms with Gasteiger partial charge in [-0.1, -0.05) is 35.9 Å². The number of amides is 1. The summed E-state index contributed by atoms with van der Waals surface area (Å²) in [5.74, 6) is 0.108. The Balaban J connectivity index is 1.64. The molecule has 0 aliphatic rings. The van der Waals surface area contributed by atoms with Crippen LogP contribution in [0.25, 0.3) is 0 Å². The predicted octanol–water partition coefficient (Wildman–Crippen LogP) is 4.75. The third-order valence-electron chi connectivity index (χ3n) is 3.86. The van der Waals surface area contributed by atoms with Gasteiger partial charge in [-0.3, -0.25) is 4.79 Å². The molecule has 0 fully saturated rings. The second-order valence-corrected chi connectivity index (χ2v) is 6.06. The molecule has 0 unspecified atom stereocenters. The van der Waals surface area contributed by atoms with E-state index >= 15 is 0 Å². The molecular weight excluding hydrogens is 369 g/mol. The van der Waals surface area contributed by atoms with Gasteiger partial charge in [0, 0.05) is 12.1 Å². The summed E-state index contributed by atoms with van der Waals surface area (Å²) < 4.78 is 19.1. The van der Waals surface area contributed by atoms with Gasteiger partial charge in [0.05, 0.1) is 29.6 Å². The molecule has 2 N–H and O–H groups in total. The van der Waals surface area contributed by atoms with E-state index in [1.807, 2.05) is 24.3 Å². The number of ether oxygens (including phenoxy) is 1. The lowest BCUT2D eigenvalue weighted by Gasteiger charge is -2.11. The quantitative estimate of drug-likeness (QED) is 0.643. The van der Waals surface area contributed by atoms with Crippen LogP contribution in [-0.2, 0) is 6.54 Å². The van der Waals surface area contributed by atoms with Crippen LogP contribution in [0, 0.1) is 5.82 Å². The number of nitrogens with one attached hydrogen (secondary N) is 2. The molecule has 2 aromatic carbocycles. The topological polar surface area (TPSA) is 63.2 Å². The van der Waals surface area contributed by atoms with E-state index in [9.17, 15) is 9.18 Å². The number of rotatable bonds is 6. The summed E-state index contributed by atoms with van der Waals surface area (Å²) in [6, 6.07) is 15.2. The van der Waals surface area contributed by atoms with E-state index in [0.29, 0.717) is 18.1 Å². The number of carbonyl (C=O) groups excluding carboxylic acids is 1. The fraction of sp³-hybridized carbons (Fsp3) is 0.100. The molecule has 3 rings (SSSR count). The van der Waals surface area contributed by atoms with Crippen LogP contribution in [0.4, 0.5) is 15.9 Å². The molecular formula is C20H17ClFN3O2. The summed E-state index contributed by atoms with van der Waals surface area (Å²) in [5, 5.41) is 5.82. The number of anilines is 2. The zero-order valence-electron chi connectivity index (χ0n) is 14.5. The molecule has 1 aromatic heterocycles. The zero-order valence-corrected chi connectivity index (χ0v) is 15.3. The highest BCUT2D eigenvalue weighted by Gasteiger charge is 2.15. The molecule has 1 heterocycles. The summed E-state index contributed by atoms with van der Waals surface area (Å²) in [6.07, 6.45) is 1.48. The van der Waals surface area contributed by atoms with Crippen molar-refractivity contribution >= 4 is 29.0 Å². The van der Waals surface area contributed by atoms with E-state index < -0.39 is 11.7 Å². The van der Waals surface area contributed by atoms with Crippen LogP contribution >= 0.6 is 11.6 Å². The van der Waals surface area contributed by atoms with Crippen LogP contribution in [0.15, 0.2) is 60.8 Å². The minimum atomic E-state index is -0.678.